The third-order valence-corrected chi connectivity index (χ3v) is 6.32. The first kappa shape index (κ1) is 23.3. The monoisotopic (exact) mass is 438 g/mol. The molecule has 2 aromatic carbocycles. The van der Waals surface area contributed by atoms with Gasteiger partial charge in [-0.1, -0.05) is 69.3 Å². The van der Waals surface area contributed by atoms with Gasteiger partial charge in [0.05, 0.1) is 5.92 Å². The van der Waals surface area contributed by atoms with Crippen LogP contribution in [0.25, 0.3) is 11.1 Å². The molecule has 7 nitrogen and oxygen atoms in total. The highest BCUT2D eigenvalue weighted by Crippen LogP contribution is 2.44. The van der Waals surface area contributed by atoms with Crippen molar-refractivity contribution in [2.45, 2.75) is 45.1 Å². The predicted octanol–water partition coefficient (Wildman–Crippen LogP) is 3.92. The van der Waals surface area contributed by atoms with Crippen LogP contribution in [0.3, 0.4) is 0 Å². The second kappa shape index (κ2) is 9.85. The van der Waals surface area contributed by atoms with E-state index < -0.39 is 29.4 Å². The van der Waals surface area contributed by atoms with Crippen LogP contribution in [-0.2, 0) is 14.3 Å². The van der Waals surface area contributed by atoms with Gasteiger partial charge in [-0.25, -0.2) is 4.79 Å². The molecule has 2 aromatic rings. The molecule has 32 heavy (non-hydrogen) atoms. The number of carbonyl (C=O) groups is 3. The van der Waals surface area contributed by atoms with Crippen molar-refractivity contribution in [3.05, 3.63) is 59.7 Å². The number of hydrogen-bond acceptors (Lipinski definition) is 4. The molecule has 170 valence electrons. The van der Waals surface area contributed by atoms with Gasteiger partial charge in [0, 0.05) is 12.5 Å². The second-order valence-electron chi connectivity index (χ2n) is 8.19. The Balaban J connectivity index is 1.67. The highest BCUT2D eigenvalue weighted by molar-refractivity contribution is 5.90. The number of fused-ring (bicyclic) bond motifs is 3. The molecule has 0 saturated heterocycles. The minimum absolute atomic E-state index is 0.0116. The first-order valence-corrected chi connectivity index (χ1v) is 11.0. The topological polar surface area (TPSA) is 105 Å². The van der Waals surface area contributed by atoms with E-state index in [1.807, 2.05) is 36.4 Å². The number of benzene rings is 2. The van der Waals surface area contributed by atoms with Crippen molar-refractivity contribution in [3.63, 3.8) is 0 Å². The van der Waals surface area contributed by atoms with Crippen LogP contribution in [-0.4, -0.2) is 41.8 Å². The summed E-state index contributed by atoms with van der Waals surface area (Å²) >= 11 is 0. The van der Waals surface area contributed by atoms with Crippen LogP contribution in [0.15, 0.2) is 48.5 Å². The van der Waals surface area contributed by atoms with Gasteiger partial charge in [-0.15, -0.1) is 0 Å². The molecule has 0 radical (unpaired) electrons. The average molecular weight is 439 g/mol. The number of rotatable bonds is 9. The van der Waals surface area contributed by atoms with Gasteiger partial charge in [0.15, 0.2) is 0 Å². The molecule has 7 heteroatoms. The van der Waals surface area contributed by atoms with E-state index in [0.717, 1.165) is 22.3 Å². The fourth-order valence-electron chi connectivity index (χ4n) is 4.14. The van der Waals surface area contributed by atoms with Crippen molar-refractivity contribution < 1.29 is 24.2 Å². The van der Waals surface area contributed by atoms with Crippen molar-refractivity contribution in [2.24, 2.45) is 5.92 Å². The summed E-state index contributed by atoms with van der Waals surface area (Å²) in [6, 6.07) is 16.1. The fraction of sp³-hybridized carbons (Fsp3) is 0.400. The van der Waals surface area contributed by atoms with E-state index in [4.69, 9.17) is 9.84 Å². The molecule has 1 aliphatic rings. The van der Waals surface area contributed by atoms with E-state index >= 15 is 0 Å². The van der Waals surface area contributed by atoms with Gasteiger partial charge in [-0.05, 0) is 35.1 Å². The fourth-order valence-corrected chi connectivity index (χ4v) is 4.14. The number of aliphatic carboxylic acids is 1. The van der Waals surface area contributed by atoms with Crippen molar-refractivity contribution in [1.82, 2.24) is 10.6 Å². The van der Waals surface area contributed by atoms with E-state index in [1.54, 1.807) is 13.8 Å². The third-order valence-electron chi connectivity index (χ3n) is 6.32. The summed E-state index contributed by atoms with van der Waals surface area (Å²) in [5, 5.41) is 14.4. The molecule has 1 atom stereocenters. The summed E-state index contributed by atoms with van der Waals surface area (Å²) in [6.07, 6.45) is 0.0269. The number of amides is 2. The molecule has 0 fully saturated rings. The molecule has 3 rings (SSSR count). The molecular weight excluding hydrogens is 408 g/mol. The van der Waals surface area contributed by atoms with Crippen LogP contribution in [0.5, 0.6) is 0 Å². The molecule has 1 unspecified atom stereocenters. The normalized spacial score (nSPS) is 13.6. The molecule has 0 heterocycles. The first-order chi connectivity index (χ1) is 15.3. The molecule has 0 spiro atoms. The molecule has 0 aromatic heterocycles. The lowest BCUT2D eigenvalue weighted by atomic mass is 9.91. The largest absolute Gasteiger partial charge is 0.481 e. The Morgan fingerprint density at radius 1 is 1.00 bits per heavy atom. The Kier molecular flexibility index (Phi) is 7.18. The molecule has 3 N–H and O–H groups in total. The van der Waals surface area contributed by atoms with Crippen LogP contribution in [0.1, 0.15) is 50.7 Å². The Labute approximate surface area is 188 Å². The minimum Gasteiger partial charge on any atom is -0.481 e. The van der Waals surface area contributed by atoms with Crippen LogP contribution in [0.2, 0.25) is 0 Å². The van der Waals surface area contributed by atoms with Crippen molar-refractivity contribution >= 4 is 18.0 Å². The van der Waals surface area contributed by atoms with Crippen molar-refractivity contribution in [2.75, 3.05) is 13.2 Å². The van der Waals surface area contributed by atoms with Gasteiger partial charge < -0.3 is 20.5 Å². The first-order valence-electron chi connectivity index (χ1n) is 11.0. The number of carbonyl (C=O) groups excluding carboxylic acids is 2. The van der Waals surface area contributed by atoms with Gasteiger partial charge in [0.1, 0.15) is 12.1 Å². The summed E-state index contributed by atoms with van der Waals surface area (Å²) in [4.78, 5) is 36.5. The maximum atomic E-state index is 12.8. The van der Waals surface area contributed by atoms with E-state index in [2.05, 4.69) is 22.8 Å². The number of carboxylic acid groups (broad SMARTS) is 1. The lowest BCUT2D eigenvalue weighted by Crippen LogP contribution is -2.59. The van der Waals surface area contributed by atoms with Crippen LogP contribution < -0.4 is 10.6 Å². The van der Waals surface area contributed by atoms with Crippen LogP contribution in [0, 0.1) is 5.92 Å². The smallest absolute Gasteiger partial charge is 0.408 e. The summed E-state index contributed by atoms with van der Waals surface area (Å²) in [7, 11) is 0. The molecule has 0 saturated carbocycles. The molecular formula is C25H30N2O5. The second-order valence-corrected chi connectivity index (χ2v) is 8.19. The predicted molar refractivity (Wildman–Crippen MR) is 121 cm³/mol. The zero-order valence-corrected chi connectivity index (χ0v) is 18.7. The number of alkyl carbamates (subject to hydrolysis) is 1. The van der Waals surface area contributed by atoms with Gasteiger partial charge in [-0.2, -0.15) is 0 Å². The summed E-state index contributed by atoms with van der Waals surface area (Å²) < 4.78 is 5.59. The summed E-state index contributed by atoms with van der Waals surface area (Å²) in [5.41, 5.74) is 3.33. The lowest BCUT2D eigenvalue weighted by Gasteiger charge is -2.31. The highest BCUT2D eigenvalue weighted by atomic mass is 16.5. The SMILES string of the molecule is CCC(CC)(NC(=O)OCC1c2ccccc2-c2ccccc21)C(=O)NCC(C)C(=O)O. The highest BCUT2D eigenvalue weighted by Gasteiger charge is 2.38. The Hall–Kier alpha value is -3.35. The van der Waals surface area contributed by atoms with Crippen molar-refractivity contribution in [1.29, 1.82) is 0 Å². The zero-order chi connectivity index (χ0) is 23.3. The van der Waals surface area contributed by atoms with Crippen LogP contribution in [0.4, 0.5) is 4.79 Å². The van der Waals surface area contributed by atoms with E-state index in [0.29, 0.717) is 12.8 Å². The zero-order valence-electron chi connectivity index (χ0n) is 18.7. The Morgan fingerprint density at radius 3 is 2.03 bits per heavy atom. The Morgan fingerprint density at radius 2 is 1.53 bits per heavy atom. The van der Waals surface area contributed by atoms with Gasteiger partial charge in [-0.3, -0.25) is 9.59 Å². The maximum Gasteiger partial charge on any atom is 0.408 e. The maximum absolute atomic E-state index is 12.8. The average Bonchev–Trinajstić information content (AvgIpc) is 3.13. The van der Waals surface area contributed by atoms with E-state index in [1.165, 1.54) is 6.92 Å². The molecule has 0 aliphatic heterocycles. The number of hydrogen-bond donors (Lipinski definition) is 3. The quantitative estimate of drug-likeness (QED) is 0.550. The molecule has 1 aliphatic carbocycles. The lowest BCUT2D eigenvalue weighted by molar-refractivity contribution is -0.141. The van der Waals surface area contributed by atoms with Gasteiger partial charge in [0.2, 0.25) is 5.91 Å². The van der Waals surface area contributed by atoms with Crippen LogP contribution >= 0.6 is 0 Å². The third kappa shape index (κ3) is 4.61. The number of carboxylic acids is 1. The molecule has 2 amide bonds. The van der Waals surface area contributed by atoms with Gasteiger partial charge in [0.25, 0.3) is 0 Å². The van der Waals surface area contributed by atoms with Crippen molar-refractivity contribution in [3.8, 4) is 11.1 Å². The Bertz CT molecular complexity index is 954. The minimum atomic E-state index is -1.17. The number of nitrogens with one attached hydrogen (secondary N) is 2. The van der Waals surface area contributed by atoms with Gasteiger partial charge >= 0.3 is 12.1 Å². The van der Waals surface area contributed by atoms with E-state index in [-0.39, 0.29) is 19.1 Å². The number of ether oxygens (including phenoxy) is 1. The molecule has 0 bridgehead atoms. The van der Waals surface area contributed by atoms with E-state index in [9.17, 15) is 14.4 Å². The summed E-state index contributed by atoms with van der Waals surface area (Å²) in [6.45, 7) is 5.26. The standard InChI is InChI=1S/C25H30N2O5/c1-4-25(5-2,23(30)26-14-16(3)22(28)29)27-24(31)32-15-21-19-12-8-6-10-17(19)18-11-7-9-13-20(18)21/h6-13,16,21H,4-5,14-15H2,1-3H3,(H,26,30)(H,27,31)(H,28,29). The summed E-state index contributed by atoms with van der Waals surface area (Å²) in [5.74, 6) is -2.20.